The van der Waals surface area contributed by atoms with Gasteiger partial charge in [0.1, 0.15) is 5.82 Å². The van der Waals surface area contributed by atoms with Gasteiger partial charge in [0.25, 0.3) is 0 Å². The lowest BCUT2D eigenvalue weighted by atomic mass is 10.1. The summed E-state index contributed by atoms with van der Waals surface area (Å²) in [7, 11) is -3.42. The smallest absolute Gasteiger partial charge is 0.307 e. The van der Waals surface area contributed by atoms with Crippen LogP contribution in [-0.2, 0) is 16.3 Å². The summed E-state index contributed by atoms with van der Waals surface area (Å²) >= 11 is 0. The van der Waals surface area contributed by atoms with Crippen molar-refractivity contribution in [3.8, 4) is 0 Å². The van der Waals surface area contributed by atoms with Gasteiger partial charge in [-0.3, -0.25) is 4.90 Å². The standard InChI is InChI=1S/C18H19FN2O3S/c1-11-9-12(2)17(25(3,23)24)10-16(11)21-8-7-13-14(19)5-4-6-15(13)20-18(21)22/h4-6,9-10H,7-8H2,1-3H3,(H,20,22). The van der Waals surface area contributed by atoms with Crippen LogP contribution in [0.2, 0.25) is 0 Å². The predicted molar refractivity (Wildman–Crippen MR) is 95.5 cm³/mol. The monoisotopic (exact) mass is 362 g/mol. The largest absolute Gasteiger partial charge is 0.326 e. The molecule has 25 heavy (non-hydrogen) atoms. The first-order chi connectivity index (χ1) is 11.7. The molecular formula is C18H19FN2O3S. The summed E-state index contributed by atoms with van der Waals surface area (Å²) in [4.78, 5) is 14.3. The molecule has 2 aromatic rings. The van der Waals surface area contributed by atoms with E-state index in [0.717, 1.165) is 11.8 Å². The molecule has 1 aliphatic heterocycles. The number of benzene rings is 2. The Kier molecular flexibility index (Phi) is 4.28. The molecule has 0 atom stereocenters. The maximum absolute atomic E-state index is 14.0. The van der Waals surface area contributed by atoms with Crippen LogP contribution >= 0.6 is 0 Å². The number of carbonyl (C=O) groups excluding carboxylic acids is 1. The minimum atomic E-state index is -3.42. The number of urea groups is 1. The highest BCUT2D eigenvalue weighted by atomic mass is 32.2. The molecule has 1 heterocycles. The number of amides is 2. The fourth-order valence-corrected chi connectivity index (χ4v) is 4.15. The van der Waals surface area contributed by atoms with Gasteiger partial charge in [0, 0.05) is 29.7 Å². The molecule has 1 aliphatic rings. The van der Waals surface area contributed by atoms with Crippen molar-refractivity contribution in [1.82, 2.24) is 0 Å². The van der Waals surface area contributed by atoms with Gasteiger partial charge >= 0.3 is 6.03 Å². The number of nitrogens with one attached hydrogen (secondary N) is 1. The Morgan fingerprint density at radius 2 is 1.88 bits per heavy atom. The molecule has 2 amide bonds. The quantitative estimate of drug-likeness (QED) is 0.890. The Labute approximate surface area is 146 Å². The van der Waals surface area contributed by atoms with E-state index in [9.17, 15) is 17.6 Å². The number of aryl methyl sites for hydroxylation is 2. The lowest BCUT2D eigenvalue weighted by Crippen LogP contribution is -2.35. The van der Waals surface area contributed by atoms with Crippen LogP contribution in [0.5, 0.6) is 0 Å². The second-order valence-corrected chi connectivity index (χ2v) is 8.26. The van der Waals surface area contributed by atoms with E-state index in [-0.39, 0.29) is 17.3 Å². The summed E-state index contributed by atoms with van der Waals surface area (Å²) in [5.41, 5.74) is 2.82. The van der Waals surface area contributed by atoms with E-state index in [1.807, 2.05) is 6.92 Å². The average molecular weight is 362 g/mol. The number of carbonyl (C=O) groups is 1. The molecule has 132 valence electrons. The number of anilines is 2. The molecule has 2 aromatic carbocycles. The zero-order valence-electron chi connectivity index (χ0n) is 14.3. The summed E-state index contributed by atoms with van der Waals surface area (Å²) in [5.74, 6) is -0.364. The van der Waals surface area contributed by atoms with Crippen molar-refractivity contribution in [2.75, 3.05) is 23.0 Å². The molecule has 0 aromatic heterocycles. The second-order valence-electron chi connectivity index (χ2n) is 6.27. The van der Waals surface area contributed by atoms with Crippen molar-refractivity contribution >= 4 is 27.2 Å². The predicted octanol–water partition coefficient (Wildman–Crippen LogP) is 3.44. The van der Waals surface area contributed by atoms with Gasteiger partial charge in [-0.05, 0) is 49.6 Å². The van der Waals surface area contributed by atoms with Crippen LogP contribution < -0.4 is 10.2 Å². The fourth-order valence-electron chi connectivity index (χ4n) is 3.18. The van der Waals surface area contributed by atoms with Crippen molar-refractivity contribution in [3.05, 3.63) is 52.8 Å². The van der Waals surface area contributed by atoms with E-state index in [1.165, 1.54) is 17.0 Å². The van der Waals surface area contributed by atoms with Crippen LogP contribution in [0.25, 0.3) is 0 Å². The van der Waals surface area contributed by atoms with E-state index < -0.39 is 15.9 Å². The second kappa shape index (κ2) is 6.15. The Morgan fingerprint density at radius 3 is 2.56 bits per heavy atom. The maximum atomic E-state index is 14.0. The molecule has 0 saturated heterocycles. The third-order valence-electron chi connectivity index (χ3n) is 4.37. The van der Waals surface area contributed by atoms with Gasteiger partial charge in [-0.2, -0.15) is 0 Å². The van der Waals surface area contributed by atoms with Crippen molar-refractivity contribution in [3.63, 3.8) is 0 Å². The number of fused-ring (bicyclic) bond motifs is 1. The molecule has 0 unspecified atom stereocenters. The summed E-state index contributed by atoms with van der Waals surface area (Å²) in [6.07, 6.45) is 1.48. The molecule has 0 fully saturated rings. The van der Waals surface area contributed by atoms with Gasteiger partial charge in [-0.1, -0.05) is 12.1 Å². The van der Waals surface area contributed by atoms with Gasteiger partial charge in [0.15, 0.2) is 9.84 Å². The maximum Gasteiger partial charge on any atom is 0.326 e. The number of halogens is 1. The van der Waals surface area contributed by atoms with Crippen LogP contribution in [0.4, 0.5) is 20.6 Å². The number of nitrogens with zero attached hydrogens (tertiary/aromatic N) is 1. The van der Waals surface area contributed by atoms with Gasteiger partial charge in [0.05, 0.1) is 4.90 Å². The Balaban J connectivity index is 2.06. The number of hydrogen-bond donors (Lipinski definition) is 1. The molecule has 7 heteroatoms. The summed E-state index contributed by atoms with van der Waals surface area (Å²) < 4.78 is 38.0. The first-order valence-electron chi connectivity index (χ1n) is 7.85. The summed E-state index contributed by atoms with van der Waals surface area (Å²) in [6, 6.07) is 7.42. The van der Waals surface area contributed by atoms with Crippen LogP contribution in [0.1, 0.15) is 16.7 Å². The van der Waals surface area contributed by atoms with Crippen molar-refractivity contribution in [1.29, 1.82) is 0 Å². The summed E-state index contributed by atoms with van der Waals surface area (Å²) in [6.45, 7) is 3.80. The lowest BCUT2D eigenvalue weighted by Gasteiger charge is -2.23. The third-order valence-corrected chi connectivity index (χ3v) is 5.61. The number of sulfone groups is 1. The number of rotatable bonds is 2. The summed E-state index contributed by atoms with van der Waals surface area (Å²) in [5, 5.41) is 2.71. The highest BCUT2D eigenvalue weighted by Crippen LogP contribution is 2.31. The lowest BCUT2D eigenvalue weighted by molar-refractivity contribution is 0.257. The zero-order valence-corrected chi connectivity index (χ0v) is 15.1. The van der Waals surface area contributed by atoms with Gasteiger partial charge in [0.2, 0.25) is 0 Å². The Hall–Kier alpha value is -2.41. The first kappa shape index (κ1) is 17.4. The van der Waals surface area contributed by atoms with E-state index in [2.05, 4.69) is 5.32 Å². The minimum absolute atomic E-state index is 0.189. The van der Waals surface area contributed by atoms with E-state index in [0.29, 0.717) is 28.9 Å². The van der Waals surface area contributed by atoms with Gasteiger partial charge < -0.3 is 5.32 Å². The SMILES string of the molecule is Cc1cc(C)c(S(C)(=O)=O)cc1N1CCc2c(F)cccc2NC1=O. The fraction of sp³-hybridized carbons (Fsp3) is 0.278. The molecule has 0 spiro atoms. The highest BCUT2D eigenvalue weighted by Gasteiger charge is 2.25. The molecular weight excluding hydrogens is 343 g/mol. The molecule has 0 aliphatic carbocycles. The Bertz CT molecular complexity index is 971. The van der Waals surface area contributed by atoms with Crippen LogP contribution in [-0.4, -0.2) is 27.2 Å². The van der Waals surface area contributed by atoms with Crippen LogP contribution in [0.15, 0.2) is 35.2 Å². The normalized spacial score (nSPS) is 14.7. The molecule has 1 N–H and O–H groups in total. The molecule has 0 saturated carbocycles. The van der Waals surface area contributed by atoms with E-state index >= 15 is 0 Å². The molecule has 3 rings (SSSR count). The van der Waals surface area contributed by atoms with Crippen molar-refractivity contribution in [2.24, 2.45) is 0 Å². The zero-order chi connectivity index (χ0) is 18.4. The van der Waals surface area contributed by atoms with Crippen molar-refractivity contribution < 1.29 is 17.6 Å². The average Bonchev–Trinajstić information content (AvgIpc) is 2.66. The van der Waals surface area contributed by atoms with Crippen molar-refractivity contribution in [2.45, 2.75) is 25.2 Å². The number of hydrogen-bond acceptors (Lipinski definition) is 3. The van der Waals surface area contributed by atoms with E-state index in [4.69, 9.17) is 0 Å². The molecule has 0 bridgehead atoms. The van der Waals surface area contributed by atoms with Crippen LogP contribution in [0.3, 0.4) is 0 Å². The Morgan fingerprint density at radius 1 is 1.16 bits per heavy atom. The highest BCUT2D eigenvalue weighted by molar-refractivity contribution is 7.90. The first-order valence-corrected chi connectivity index (χ1v) is 9.75. The molecule has 0 radical (unpaired) electrons. The van der Waals surface area contributed by atoms with E-state index in [1.54, 1.807) is 25.1 Å². The van der Waals surface area contributed by atoms with Gasteiger partial charge in [-0.15, -0.1) is 0 Å². The third kappa shape index (κ3) is 3.24. The topological polar surface area (TPSA) is 66.5 Å². The minimum Gasteiger partial charge on any atom is -0.307 e. The van der Waals surface area contributed by atoms with Crippen LogP contribution in [0, 0.1) is 19.7 Å². The van der Waals surface area contributed by atoms with Gasteiger partial charge in [-0.25, -0.2) is 17.6 Å². The molecule has 5 nitrogen and oxygen atoms in total.